The number of nitrogen functional groups attached to an aromatic ring is 1. The molecule has 2 aromatic carbocycles. The molecule has 0 spiro atoms. The molecule has 3 nitrogen and oxygen atoms in total. The third-order valence-electron chi connectivity index (χ3n) is 6.96. The van der Waals surface area contributed by atoms with Gasteiger partial charge in [-0.05, 0) is 42.9 Å². The quantitative estimate of drug-likeness (QED) is 0.453. The maximum Gasteiger partial charge on any atom is 0.134 e. The molecule has 26 heavy (non-hydrogen) atoms. The zero-order valence-corrected chi connectivity index (χ0v) is 14.7. The van der Waals surface area contributed by atoms with Crippen molar-refractivity contribution < 1.29 is 4.74 Å². The van der Waals surface area contributed by atoms with Crippen LogP contribution in [0.3, 0.4) is 0 Å². The highest BCUT2D eigenvalue weighted by Crippen LogP contribution is 2.62. The summed E-state index contributed by atoms with van der Waals surface area (Å²) in [5, 5.41) is 7.91. The molecule has 0 saturated carbocycles. The van der Waals surface area contributed by atoms with Crippen LogP contribution < -0.4 is 10.5 Å². The third kappa shape index (κ3) is 1.71. The van der Waals surface area contributed by atoms with Gasteiger partial charge in [0.2, 0.25) is 0 Å². The van der Waals surface area contributed by atoms with Gasteiger partial charge in [-0.2, -0.15) is 0 Å². The summed E-state index contributed by atoms with van der Waals surface area (Å²) in [6.45, 7) is 0. The molecular formula is C23H22N2O. The van der Waals surface area contributed by atoms with E-state index in [1.165, 1.54) is 30.4 Å². The van der Waals surface area contributed by atoms with E-state index < -0.39 is 0 Å². The van der Waals surface area contributed by atoms with Crippen molar-refractivity contribution in [1.82, 2.24) is 0 Å². The second kappa shape index (κ2) is 5.00. The molecule has 0 bridgehead atoms. The summed E-state index contributed by atoms with van der Waals surface area (Å²) in [4.78, 5) is 0. The molecular weight excluding hydrogens is 320 g/mol. The molecule has 4 atom stereocenters. The molecule has 0 radical (unpaired) electrons. The highest BCUT2D eigenvalue weighted by atomic mass is 16.5. The van der Waals surface area contributed by atoms with Gasteiger partial charge in [0.05, 0.1) is 5.56 Å². The monoisotopic (exact) mass is 342 g/mol. The average Bonchev–Trinajstić information content (AvgIpc) is 3.19. The number of rotatable bonds is 1. The summed E-state index contributed by atoms with van der Waals surface area (Å²) in [6.07, 6.45) is 4.95. The van der Waals surface area contributed by atoms with E-state index in [2.05, 4.69) is 30.3 Å². The van der Waals surface area contributed by atoms with Gasteiger partial charge in [0.15, 0.2) is 0 Å². The number of nitrogens with one attached hydrogen (secondary N) is 1. The van der Waals surface area contributed by atoms with Crippen LogP contribution in [0.25, 0.3) is 0 Å². The Bertz CT molecular complexity index is 989. The number of amidine groups is 1. The number of hydrogen-bond acceptors (Lipinski definition) is 2. The van der Waals surface area contributed by atoms with Gasteiger partial charge in [0, 0.05) is 23.3 Å². The second-order valence-electron chi connectivity index (χ2n) is 8.11. The van der Waals surface area contributed by atoms with E-state index in [-0.39, 0.29) is 11.9 Å². The summed E-state index contributed by atoms with van der Waals surface area (Å²) < 4.78 is 6.46. The molecule has 130 valence electrons. The number of para-hydroxylation sites is 1. The number of ether oxygens (including phenoxy) is 1. The first-order chi connectivity index (χ1) is 12.7. The minimum Gasteiger partial charge on any atom is -0.488 e. The Hall–Kier alpha value is -2.55. The van der Waals surface area contributed by atoms with Gasteiger partial charge in [0.25, 0.3) is 0 Å². The topological polar surface area (TPSA) is 59.1 Å². The van der Waals surface area contributed by atoms with Gasteiger partial charge in [-0.1, -0.05) is 47.5 Å². The van der Waals surface area contributed by atoms with Crippen LogP contribution >= 0.6 is 0 Å². The Morgan fingerprint density at radius 2 is 1.77 bits per heavy atom. The molecule has 3 N–H and O–H groups in total. The summed E-state index contributed by atoms with van der Waals surface area (Å²) in [6, 6.07) is 15.2. The Labute approximate surface area is 153 Å². The van der Waals surface area contributed by atoms with Crippen LogP contribution in [0.15, 0.2) is 53.6 Å². The number of allylic oxidation sites excluding steroid dienone is 1. The Morgan fingerprint density at radius 1 is 1.00 bits per heavy atom. The van der Waals surface area contributed by atoms with Crippen molar-refractivity contribution in [2.24, 2.45) is 5.73 Å². The highest BCUT2D eigenvalue weighted by molar-refractivity contribution is 5.98. The summed E-state index contributed by atoms with van der Waals surface area (Å²) in [5.74, 6) is 2.44. The first-order valence-corrected chi connectivity index (χ1v) is 9.69. The first-order valence-electron chi connectivity index (χ1n) is 9.69. The van der Waals surface area contributed by atoms with Gasteiger partial charge in [0.1, 0.15) is 17.7 Å². The van der Waals surface area contributed by atoms with E-state index >= 15 is 0 Å². The van der Waals surface area contributed by atoms with Crippen molar-refractivity contribution in [2.45, 2.75) is 49.5 Å². The van der Waals surface area contributed by atoms with E-state index in [0.29, 0.717) is 17.8 Å². The number of fused-ring (bicyclic) bond motifs is 7. The van der Waals surface area contributed by atoms with Crippen LogP contribution in [-0.2, 0) is 0 Å². The molecule has 4 aliphatic rings. The highest BCUT2D eigenvalue weighted by Gasteiger charge is 2.50. The fourth-order valence-corrected chi connectivity index (χ4v) is 6.10. The third-order valence-corrected chi connectivity index (χ3v) is 6.96. The van der Waals surface area contributed by atoms with Crippen LogP contribution in [0, 0.1) is 5.41 Å². The Morgan fingerprint density at radius 3 is 2.58 bits per heavy atom. The van der Waals surface area contributed by atoms with Crippen LogP contribution in [0.5, 0.6) is 5.75 Å². The maximum absolute atomic E-state index is 7.91. The lowest BCUT2D eigenvalue weighted by molar-refractivity contribution is 0.185. The zero-order chi connectivity index (χ0) is 17.4. The lowest BCUT2D eigenvalue weighted by Crippen LogP contribution is -2.30. The zero-order valence-electron chi connectivity index (χ0n) is 14.7. The molecule has 0 aromatic heterocycles. The van der Waals surface area contributed by atoms with Crippen molar-refractivity contribution in [2.75, 3.05) is 0 Å². The normalized spacial score (nSPS) is 30.2. The van der Waals surface area contributed by atoms with Gasteiger partial charge < -0.3 is 10.5 Å². The molecule has 0 fully saturated rings. The van der Waals surface area contributed by atoms with Crippen LogP contribution in [0.4, 0.5) is 0 Å². The molecule has 3 heteroatoms. The molecule has 4 unspecified atom stereocenters. The summed E-state index contributed by atoms with van der Waals surface area (Å²) >= 11 is 0. The molecule has 0 saturated heterocycles. The van der Waals surface area contributed by atoms with E-state index in [1.54, 1.807) is 16.7 Å². The van der Waals surface area contributed by atoms with E-state index in [0.717, 1.165) is 17.7 Å². The Balaban J connectivity index is 1.56. The lowest BCUT2D eigenvalue weighted by Gasteiger charge is -2.37. The second-order valence-corrected chi connectivity index (χ2v) is 8.11. The Kier molecular flexibility index (Phi) is 2.81. The average molecular weight is 342 g/mol. The molecule has 2 aromatic rings. The molecule has 1 aliphatic heterocycles. The van der Waals surface area contributed by atoms with Crippen molar-refractivity contribution in [3.63, 3.8) is 0 Å². The van der Waals surface area contributed by atoms with Crippen LogP contribution in [0.1, 0.15) is 65.7 Å². The van der Waals surface area contributed by atoms with E-state index in [4.69, 9.17) is 15.9 Å². The number of benzene rings is 2. The molecule has 0 amide bonds. The number of nitrogens with two attached hydrogens (primary N) is 1. The summed E-state index contributed by atoms with van der Waals surface area (Å²) in [5.41, 5.74) is 14.2. The minimum atomic E-state index is 0.102. The minimum absolute atomic E-state index is 0.102. The smallest absolute Gasteiger partial charge is 0.134 e. The number of hydrogen-bond donors (Lipinski definition) is 2. The van der Waals surface area contributed by atoms with E-state index in [9.17, 15) is 0 Å². The van der Waals surface area contributed by atoms with Crippen LogP contribution in [-0.4, -0.2) is 11.9 Å². The maximum atomic E-state index is 7.91. The molecule has 1 heterocycles. The van der Waals surface area contributed by atoms with Crippen molar-refractivity contribution in [1.29, 1.82) is 5.41 Å². The van der Waals surface area contributed by atoms with Gasteiger partial charge in [-0.3, -0.25) is 5.41 Å². The lowest BCUT2D eigenvalue weighted by atomic mass is 9.67. The van der Waals surface area contributed by atoms with Gasteiger partial charge >= 0.3 is 0 Å². The van der Waals surface area contributed by atoms with Crippen molar-refractivity contribution in [3.8, 4) is 5.75 Å². The van der Waals surface area contributed by atoms with Gasteiger partial charge in [-0.15, -0.1) is 0 Å². The fourth-order valence-electron chi connectivity index (χ4n) is 6.10. The van der Waals surface area contributed by atoms with Gasteiger partial charge in [-0.25, -0.2) is 0 Å². The predicted octanol–water partition coefficient (Wildman–Crippen LogP) is 4.58. The molecule has 3 aliphatic carbocycles. The standard InChI is InChI=1S/C23H22N2O/c24-23(25)17-10-4-9-16-21-15-8-3-7-14-12-5-1-2-6-13(12)18(20(14)15)11-19(21)26-22(16)17/h1-2,4-6,9-10,14,18-19,21H,3,7-8,11H2,(H3,24,25). The SMILES string of the molecule is N=C(N)c1cccc2c1OC1CC3C4=C(CCCC4c4ccccc43)C21. The predicted molar refractivity (Wildman–Crippen MR) is 102 cm³/mol. The van der Waals surface area contributed by atoms with Crippen molar-refractivity contribution >= 4 is 5.84 Å². The fraction of sp³-hybridized carbons (Fsp3) is 0.348. The van der Waals surface area contributed by atoms with Crippen molar-refractivity contribution in [3.05, 3.63) is 75.9 Å². The van der Waals surface area contributed by atoms with Crippen LogP contribution in [0.2, 0.25) is 0 Å². The largest absolute Gasteiger partial charge is 0.488 e. The molecule has 6 rings (SSSR count). The first kappa shape index (κ1) is 14.6. The summed E-state index contributed by atoms with van der Waals surface area (Å²) in [7, 11) is 0. The van der Waals surface area contributed by atoms with E-state index in [1.807, 2.05) is 12.1 Å².